The second-order valence-electron chi connectivity index (χ2n) is 9.31. The van der Waals surface area contributed by atoms with E-state index in [2.05, 4.69) is 9.97 Å². The standard InChI is InChI=1S/C26H29FN4O6S.3H2/c1-16(2)13-36-20-11-18(10-19(27)12-20)22-7-6-21(26(29-22)37-15-17-8-9-35-14-17)25(32)31-38(33,34)24-5-3-4-23(28)30-24;;;/h3-7,10-12,16-17H,8-9,13-15H2,1-2H3,(H2,28,30)(H,31,32);3*1H. The van der Waals surface area contributed by atoms with Crippen molar-refractivity contribution < 1.29 is 36.1 Å². The van der Waals surface area contributed by atoms with Crippen LogP contribution in [0, 0.1) is 17.7 Å². The van der Waals surface area contributed by atoms with Crippen molar-refractivity contribution in [3.63, 3.8) is 0 Å². The Kier molecular flexibility index (Phi) is 8.42. The molecule has 1 amide bonds. The predicted molar refractivity (Wildman–Crippen MR) is 144 cm³/mol. The molecule has 3 heterocycles. The number of benzene rings is 1. The fraction of sp³-hybridized carbons (Fsp3) is 0.346. The van der Waals surface area contributed by atoms with Crippen LogP contribution in [0.2, 0.25) is 0 Å². The van der Waals surface area contributed by atoms with E-state index in [4.69, 9.17) is 19.9 Å². The molecule has 3 aromatic rings. The van der Waals surface area contributed by atoms with Crippen molar-refractivity contribution in [2.24, 2.45) is 11.8 Å². The summed E-state index contributed by atoms with van der Waals surface area (Å²) < 4.78 is 58.7. The minimum absolute atomic E-state index is 0. The Hall–Kier alpha value is -3.77. The number of rotatable bonds is 10. The lowest BCUT2D eigenvalue weighted by atomic mass is 10.1. The van der Waals surface area contributed by atoms with Crippen molar-refractivity contribution in [3.05, 3.63) is 59.9 Å². The van der Waals surface area contributed by atoms with Gasteiger partial charge in [-0.25, -0.2) is 19.1 Å². The van der Waals surface area contributed by atoms with Gasteiger partial charge in [0.05, 0.1) is 25.5 Å². The molecule has 1 fully saturated rings. The highest BCUT2D eigenvalue weighted by atomic mass is 32.2. The van der Waals surface area contributed by atoms with E-state index in [9.17, 15) is 17.6 Å². The molecule has 10 nitrogen and oxygen atoms in total. The molecule has 0 radical (unpaired) electrons. The molecule has 1 saturated heterocycles. The monoisotopic (exact) mass is 550 g/mol. The summed E-state index contributed by atoms with van der Waals surface area (Å²) in [6.45, 7) is 5.66. The number of pyridine rings is 2. The number of sulfonamides is 1. The zero-order valence-electron chi connectivity index (χ0n) is 21.0. The molecule has 38 heavy (non-hydrogen) atoms. The van der Waals surface area contributed by atoms with Crippen LogP contribution in [0.1, 0.15) is 34.9 Å². The number of nitrogens with two attached hydrogens (primary N) is 1. The van der Waals surface area contributed by atoms with Crippen LogP contribution < -0.4 is 19.9 Å². The molecule has 208 valence electrons. The summed E-state index contributed by atoms with van der Waals surface area (Å²) in [5, 5.41) is -0.408. The molecule has 1 aliphatic heterocycles. The Morgan fingerprint density at radius 1 is 1.21 bits per heavy atom. The van der Waals surface area contributed by atoms with Gasteiger partial charge in [0.1, 0.15) is 22.9 Å². The fourth-order valence-electron chi connectivity index (χ4n) is 3.66. The van der Waals surface area contributed by atoms with Gasteiger partial charge in [-0.15, -0.1) is 0 Å². The summed E-state index contributed by atoms with van der Waals surface area (Å²) in [5.41, 5.74) is 6.18. The first kappa shape index (κ1) is 27.3. The number of nitrogens with one attached hydrogen (secondary N) is 1. The predicted octanol–water partition coefficient (Wildman–Crippen LogP) is 4.17. The maximum Gasteiger partial charge on any atom is 0.281 e. The van der Waals surface area contributed by atoms with Crippen LogP contribution in [0.5, 0.6) is 11.6 Å². The van der Waals surface area contributed by atoms with Crippen molar-refractivity contribution in [2.45, 2.75) is 25.3 Å². The molecule has 4 rings (SSSR count). The highest BCUT2D eigenvalue weighted by Crippen LogP contribution is 2.29. The molecule has 1 unspecified atom stereocenters. The number of hydrogen-bond acceptors (Lipinski definition) is 9. The van der Waals surface area contributed by atoms with E-state index in [1.807, 2.05) is 18.6 Å². The summed E-state index contributed by atoms with van der Waals surface area (Å²) in [7, 11) is -4.32. The number of halogens is 1. The lowest BCUT2D eigenvalue weighted by Gasteiger charge is -2.15. The Bertz CT molecular complexity index is 1430. The number of amides is 1. The molecule has 1 aliphatic rings. The van der Waals surface area contributed by atoms with Gasteiger partial charge in [0.25, 0.3) is 15.9 Å². The molecular formula is C26H35FN4O6S. The van der Waals surface area contributed by atoms with Crippen molar-refractivity contribution >= 4 is 21.7 Å². The van der Waals surface area contributed by atoms with Crippen molar-refractivity contribution in [1.29, 1.82) is 0 Å². The molecule has 0 saturated carbocycles. The first-order valence-corrected chi connectivity index (χ1v) is 13.5. The SMILES string of the molecule is CC(C)COc1cc(F)cc(-c2ccc(C(=O)NS(=O)(=O)c3cccc(N)n3)c(OCC3CCOC3)n2)c1.[HH].[HH].[HH]. The van der Waals surface area contributed by atoms with E-state index in [0.717, 1.165) is 6.42 Å². The number of nitrogens with zero attached hydrogens (tertiary/aromatic N) is 2. The molecule has 1 aromatic carbocycles. The molecule has 0 bridgehead atoms. The topological polar surface area (TPSA) is 143 Å². The van der Waals surface area contributed by atoms with Crippen LogP contribution in [0.3, 0.4) is 0 Å². The number of hydrogen-bond donors (Lipinski definition) is 2. The Labute approximate surface area is 224 Å². The van der Waals surface area contributed by atoms with E-state index in [0.29, 0.717) is 36.8 Å². The second kappa shape index (κ2) is 11.7. The van der Waals surface area contributed by atoms with Crippen LogP contribution in [-0.2, 0) is 14.8 Å². The minimum atomic E-state index is -4.32. The third-order valence-electron chi connectivity index (χ3n) is 5.58. The van der Waals surface area contributed by atoms with Gasteiger partial charge in [-0.1, -0.05) is 19.9 Å². The van der Waals surface area contributed by atoms with Gasteiger partial charge in [0.2, 0.25) is 5.88 Å². The Balaban J connectivity index is 0.00000280. The van der Waals surface area contributed by atoms with Gasteiger partial charge < -0.3 is 19.9 Å². The first-order chi connectivity index (χ1) is 18.1. The number of nitrogen functional groups attached to an aromatic ring is 1. The molecular weight excluding hydrogens is 515 g/mol. The van der Waals surface area contributed by atoms with Crippen molar-refractivity contribution in [3.8, 4) is 22.9 Å². The number of anilines is 1. The van der Waals surface area contributed by atoms with Crippen LogP contribution >= 0.6 is 0 Å². The first-order valence-electron chi connectivity index (χ1n) is 12.1. The highest BCUT2D eigenvalue weighted by Gasteiger charge is 2.25. The number of carbonyl (C=O) groups is 1. The molecule has 1 atom stereocenters. The molecule has 2 aromatic heterocycles. The summed E-state index contributed by atoms with van der Waals surface area (Å²) >= 11 is 0. The summed E-state index contributed by atoms with van der Waals surface area (Å²) in [6.07, 6.45) is 0.775. The Morgan fingerprint density at radius 2 is 2.03 bits per heavy atom. The lowest BCUT2D eigenvalue weighted by molar-refractivity contribution is 0.0974. The molecule has 0 aliphatic carbocycles. The van der Waals surface area contributed by atoms with Crippen LogP contribution in [-0.4, -0.2) is 50.7 Å². The smallest absolute Gasteiger partial charge is 0.281 e. The van der Waals surface area contributed by atoms with E-state index in [-0.39, 0.29) is 40.0 Å². The summed E-state index contributed by atoms with van der Waals surface area (Å²) in [6, 6.07) is 11.1. The number of carbonyl (C=O) groups excluding carboxylic acids is 1. The van der Waals surface area contributed by atoms with Crippen molar-refractivity contribution in [2.75, 3.05) is 32.2 Å². The van der Waals surface area contributed by atoms with Crippen LogP contribution in [0.25, 0.3) is 11.3 Å². The molecule has 3 N–H and O–H groups in total. The fourth-order valence-corrected chi connectivity index (χ4v) is 4.60. The van der Waals surface area contributed by atoms with Gasteiger partial charge in [0, 0.05) is 28.4 Å². The molecule has 12 heteroatoms. The van der Waals surface area contributed by atoms with Gasteiger partial charge in [-0.2, -0.15) is 8.42 Å². The van der Waals surface area contributed by atoms with Gasteiger partial charge in [-0.3, -0.25) is 4.79 Å². The van der Waals surface area contributed by atoms with E-state index < -0.39 is 26.8 Å². The number of ether oxygens (including phenoxy) is 3. The quantitative estimate of drug-likeness (QED) is 0.380. The van der Waals surface area contributed by atoms with Crippen molar-refractivity contribution in [1.82, 2.24) is 14.7 Å². The maximum absolute atomic E-state index is 14.4. The van der Waals surface area contributed by atoms with E-state index >= 15 is 0 Å². The van der Waals surface area contributed by atoms with Gasteiger partial charge in [0.15, 0.2) is 5.03 Å². The zero-order chi connectivity index (χ0) is 27.3. The zero-order valence-corrected chi connectivity index (χ0v) is 21.8. The lowest BCUT2D eigenvalue weighted by Crippen LogP contribution is -2.32. The summed E-state index contributed by atoms with van der Waals surface area (Å²) in [4.78, 5) is 21.3. The summed E-state index contributed by atoms with van der Waals surface area (Å²) in [5.74, 6) is -0.929. The minimum Gasteiger partial charge on any atom is -0.493 e. The number of aromatic nitrogens is 2. The average molecular weight is 551 g/mol. The maximum atomic E-state index is 14.4. The average Bonchev–Trinajstić information content (AvgIpc) is 3.39. The van der Waals surface area contributed by atoms with Gasteiger partial charge in [-0.05, 0) is 48.7 Å². The third kappa shape index (κ3) is 6.95. The van der Waals surface area contributed by atoms with Crippen LogP contribution in [0.4, 0.5) is 10.2 Å². The highest BCUT2D eigenvalue weighted by molar-refractivity contribution is 7.90. The normalized spacial score (nSPS) is 15.4. The van der Waals surface area contributed by atoms with E-state index in [1.54, 1.807) is 6.07 Å². The third-order valence-corrected chi connectivity index (χ3v) is 6.81. The van der Waals surface area contributed by atoms with Crippen LogP contribution in [0.15, 0.2) is 53.6 Å². The van der Waals surface area contributed by atoms with E-state index in [1.165, 1.54) is 42.5 Å². The molecule has 0 spiro atoms. The second-order valence-corrected chi connectivity index (χ2v) is 10.9. The Morgan fingerprint density at radius 3 is 2.74 bits per heavy atom. The largest absolute Gasteiger partial charge is 0.493 e. The van der Waals surface area contributed by atoms with Gasteiger partial charge >= 0.3 is 0 Å².